The highest BCUT2D eigenvalue weighted by Gasteiger charge is 2.16. The maximum atomic E-state index is 12.1. The summed E-state index contributed by atoms with van der Waals surface area (Å²) in [6, 6.07) is 11.8. The molecule has 1 aromatic carbocycles. The molecule has 1 amide bonds. The summed E-state index contributed by atoms with van der Waals surface area (Å²) in [5, 5.41) is 6.17. The number of nitrogens with one attached hydrogen (secondary N) is 2. The zero-order valence-electron chi connectivity index (χ0n) is 12.7. The summed E-state index contributed by atoms with van der Waals surface area (Å²) < 4.78 is 5.19. The number of amides is 1. The van der Waals surface area contributed by atoms with Crippen LogP contribution in [0.5, 0.6) is 0 Å². The molecule has 21 heavy (non-hydrogen) atoms. The van der Waals surface area contributed by atoms with Gasteiger partial charge in [0.1, 0.15) is 5.76 Å². The van der Waals surface area contributed by atoms with Gasteiger partial charge in [-0.15, -0.1) is 0 Å². The van der Waals surface area contributed by atoms with E-state index in [1.54, 1.807) is 6.26 Å². The average molecular weight is 286 g/mol. The zero-order chi connectivity index (χ0) is 15.2. The van der Waals surface area contributed by atoms with Crippen molar-refractivity contribution in [1.82, 2.24) is 10.6 Å². The van der Waals surface area contributed by atoms with Gasteiger partial charge in [-0.05, 0) is 38.5 Å². The van der Waals surface area contributed by atoms with Crippen LogP contribution >= 0.6 is 0 Å². The van der Waals surface area contributed by atoms with Gasteiger partial charge in [0.15, 0.2) is 0 Å². The highest BCUT2D eigenvalue weighted by molar-refractivity contribution is 5.81. The highest BCUT2D eigenvalue weighted by atomic mass is 16.3. The first-order valence-corrected chi connectivity index (χ1v) is 7.19. The van der Waals surface area contributed by atoms with Crippen LogP contribution in [-0.4, -0.2) is 11.9 Å². The summed E-state index contributed by atoms with van der Waals surface area (Å²) in [7, 11) is 0. The van der Waals surface area contributed by atoms with Gasteiger partial charge >= 0.3 is 0 Å². The van der Waals surface area contributed by atoms with Crippen LogP contribution in [0.2, 0.25) is 0 Å². The van der Waals surface area contributed by atoms with E-state index in [9.17, 15) is 4.79 Å². The fourth-order valence-electron chi connectivity index (χ4n) is 2.23. The molecular weight excluding hydrogens is 264 g/mol. The summed E-state index contributed by atoms with van der Waals surface area (Å²) >= 11 is 0. The molecule has 0 bridgehead atoms. The van der Waals surface area contributed by atoms with Crippen LogP contribution in [0.1, 0.15) is 36.8 Å². The number of rotatable bonds is 6. The van der Waals surface area contributed by atoms with Gasteiger partial charge in [0, 0.05) is 6.04 Å². The van der Waals surface area contributed by atoms with E-state index in [1.807, 2.05) is 25.1 Å². The molecule has 1 unspecified atom stereocenters. The maximum Gasteiger partial charge on any atom is 0.237 e. The number of carbonyl (C=O) groups excluding carboxylic acids is 1. The molecule has 2 aromatic rings. The molecule has 1 aromatic heterocycles. The van der Waals surface area contributed by atoms with Crippen molar-refractivity contribution < 1.29 is 9.21 Å². The Morgan fingerprint density at radius 1 is 1.24 bits per heavy atom. The second kappa shape index (κ2) is 7.09. The molecule has 2 N–H and O–H groups in total. The zero-order valence-corrected chi connectivity index (χ0v) is 12.7. The van der Waals surface area contributed by atoms with E-state index in [0.29, 0.717) is 6.54 Å². The van der Waals surface area contributed by atoms with E-state index in [-0.39, 0.29) is 18.0 Å². The van der Waals surface area contributed by atoms with E-state index < -0.39 is 0 Å². The largest absolute Gasteiger partial charge is 0.467 e. The third kappa shape index (κ3) is 4.46. The first kappa shape index (κ1) is 15.3. The van der Waals surface area contributed by atoms with Gasteiger partial charge in [0.2, 0.25) is 5.91 Å². The Morgan fingerprint density at radius 2 is 2.05 bits per heavy atom. The lowest BCUT2D eigenvalue weighted by atomic mass is 10.1. The van der Waals surface area contributed by atoms with Crippen molar-refractivity contribution in [2.75, 3.05) is 0 Å². The quantitative estimate of drug-likeness (QED) is 0.858. The van der Waals surface area contributed by atoms with Crippen molar-refractivity contribution in [2.24, 2.45) is 0 Å². The number of hydrogen-bond acceptors (Lipinski definition) is 3. The predicted octanol–water partition coefficient (Wildman–Crippen LogP) is 2.94. The second-order valence-corrected chi connectivity index (χ2v) is 5.32. The summed E-state index contributed by atoms with van der Waals surface area (Å²) in [5.41, 5.74) is 2.40. The lowest BCUT2D eigenvalue weighted by Crippen LogP contribution is -2.42. The van der Waals surface area contributed by atoms with Gasteiger partial charge in [0.05, 0.1) is 18.8 Å². The molecule has 0 aliphatic rings. The van der Waals surface area contributed by atoms with Crippen molar-refractivity contribution in [3.05, 3.63) is 59.5 Å². The van der Waals surface area contributed by atoms with Gasteiger partial charge < -0.3 is 9.73 Å². The molecule has 0 fully saturated rings. The molecule has 1 heterocycles. The monoisotopic (exact) mass is 286 g/mol. The Hall–Kier alpha value is -2.07. The molecule has 0 aliphatic carbocycles. The molecular formula is C17H22N2O2. The molecule has 0 saturated carbocycles. The average Bonchev–Trinajstić information content (AvgIpc) is 2.97. The van der Waals surface area contributed by atoms with Crippen LogP contribution in [0.15, 0.2) is 47.1 Å². The lowest BCUT2D eigenvalue weighted by Gasteiger charge is -2.20. The molecule has 2 rings (SSSR count). The van der Waals surface area contributed by atoms with Gasteiger partial charge in [-0.3, -0.25) is 10.1 Å². The fourth-order valence-corrected chi connectivity index (χ4v) is 2.23. The van der Waals surface area contributed by atoms with E-state index in [1.165, 1.54) is 11.1 Å². The van der Waals surface area contributed by atoms with Crippen molar-refractivity contribution in [3.63, 3.8) is 0 Å². The Balaban J connectivity index is 1.85. The Kier molecular flexibility index (Phi) is 5.17. The summed E-state index contributed by atoms with van der Waals surface area (Å²) in [4.78, 5) is 12.1. The first-order chi connectivity index (χ1) is 10.1. The van der Waals surface area contributed by atoms with E-state index >= 15 is 0 Å². The van der Waals surface area contributed by atoms with Gasteiger partial charge in [-0.2, -0.15) is 0 Å². The van der Waals surface area contributed by atoms with Crippen LogP contribution in [0.4, 0.5) is 0 Å². The summed E-state index contributed by atoms with van der Waals surface area (Å²) in [6.07, 6.45) is 1.60. The van der Waals surface area contributed by atoms with Crippen LogP contribution in [0.3, 0.4) is 0 Å². The Bertz CT molecular complexity index is 578. The van der Waals surface area contributed by atoms with Gasteiger partial charge in [-0.1, -0.05) is 29.8 Å². The van der Waals surface area contributed by atoms with E-state index in [0.717, 1.165) is 5.76 Å². The van der Waals surface area contributed by atoms with Crippen molar-refractivity contribution in [2.45, 2.75) is 39.4 Å². The highest BCUT2D eigenvalue weighted by Crippen LogP contribution is 2.14. The van der Waals surface area contributed by atoms with E-state index in [4.69, 9.17) is 4.42 Å². The second-order valence-electron chi connectivity index (χ2n) is 5.32. The molecule has 0 aliphatic heterocycles. The summed E-state index contributed by atoms with van der Waals surface area (Å²) in [5.74, 6) is 0.716. The predicted molar refractivity (Wildman–Crippen MR) is 82.7 cm³/mol. The maximum absolute atomic E-state index is 12.1. The fraction of sp³-hybridized carbons (Fsp3) is 0.353. The third-order valence-electron chi connectivity index (χ3n) is 3.45. The van der Waals surface area contributed by atoms with Crippen molar-refractivity contribution in [3.8, 4) is 0 Å². The minimum atomic E-state index is -0.268. The normalized spacial score (nSPS) is 13.7. The van der Waals surface area contributed by atoms with Gasteiger partial charge in [-0.25, -0.2) is 0 Å². The van der Waals surface area contributed by atoms with Crippen molar-refractivity contribution >= 4 is 5.91 Å². The third-order valence-corrected chi connectivity index (χ3v) is 3.45. The molecule has 0 saturated heterocycles. The topological polar surface area (TPSA) is 54.3 Å². The minimum absolute atomic E-state index is 0.0362. The van der Waals surface area contributed by atoms with Crippen LogP contribution < -0.4 is 10.6 Å². The molecule has 0 radical (unpaired) electrons. The molecule has 2 atom stereocenters. The standard InChI is InChI=1S/C17H22N2O2/c1-12-6-4-7-15(10-12)13(2)19-14(3)17(20)18-11-16-8-5-9-21-16/h4-10,13-14,19H,11H2,1-3H3,(H,18,20)/t13-,14?/m0/s1. The van der Waals surface area contributed by atoms with Crippen LogP contribution in [0.25, 0.3) is 0 Å². The van der Waals surface area contributed by atoms with Crippen LogP contribution in [-0.2, 0) is 11.3 Å². The number of carbonyl (C=O) groups is 1. The van der Waals surface area contributed by atoms with Crippen LogP contribution in [0, 0.1) is 6.92 Å². The number of hydrogen-bond donors (Lipinski definition) is 2. The Labute approximate surface area is 125 Å². The molecule has 4 heteroatoms. The molecule has 112 valence electrons. The number of furan rings is 1. The first-order valence-electron chi connectivity index (χ1n) is 7.19. The number of benzene rings is 1. The Morgan fingerprint density at radius 3 is 2.71 bits per heavy atom. The van der Waals surface area contributed by atoms with Gasteiger partial charge in [0.25, 0.3) is 0 Å². The SMILES string of the molecule is Cc1cccc([C@H](C)NC(C)C(=O)NCc2ccco2)c1. The lowest BCUT2D eigenvalue weighted by molar-refractivity contribution is -0.123. The molecule has 0 spiro atoms. The summed E-state index contributed by atoms with van der Waals surface area (Å²) in [6.45, 7) is 6.40. The number of aryl methyl sites for hydroxylation is 1. The minimum Gasteiger partial charge on any atom is -0.467 e. The van der Waals surface area contributed by atoms with E-state index in [2.05, 4.69) is 42.7 Å². The molecule has 4 nitrogen and oxygen atoms in total. The smallest absolute Gasteiger partial charge is 0.237 e. The van der Waals surface area contributed by atoms with Crippen molar-refractivity contribution in [1.29, 1.82) is 0 Å².